The summed E-state index contributed by atoms with van der Waals surface area (Å²) in [6.45, 7) is 5.01. The zero-order chi connectivity index (χ0) is 23.0. The topological polar surface area (TPSA) is 114 Å². The summed E-state index contributed by atoms with van der Waals surface area (Å²) < 4.78 is 33.8. The maximum Gasteiger partial charge on any atom is 0.242 e. The highest BCUT2D eigenvalue weighted by molar-refractivity contribution is 7.89. The van der Waals surface area contributed by atoms with E-state index in [4.69, 9.17) is 16.1 Å². The number of aromatic nitrogens is 2. The van der Waals surface area contributed by atoms with E-state index in [-0.39, 0.29) is 4.90 Å². The molecule has 4 rings (SSSR count). The molecule has 3 aromatic rings. The van der Waals surface area contributed by atoms with Gasteiger partial charge in [0.1, 0.15) is 0 Å². The lowest BCUT2D eigenvalue weighted by atomic mass is 10.1. The third-order valence-corrected chi connectivity index (χ3v) is 7.36. The molecule has 1 heterocycles. The Hall–Kier alpha value is -2.75. The molecule has 1 aromatic heterocycles. The van der Waals surface area contributed by atoms with Crippen LogP contribution < -0.4 is 10.0 Å². The molecule has 0 unspecified atom stereocenters. The fourth-order valence-corrected chi connectivity index (χ4v) is 4.80. The van der Waals surface area contributed by atoms with E-state index in [1.165, 1.54) is 13.0 Å². The Labute approximate surface area is 191 Å². The second kappa shape index (κ2) is 8.65. The molecule has 8 nitrogen and oxygen atoms in total. The van der Waals surface area contributed by atoms with E-state index in [1.54, 1.807) is 37.3 Å². The molecule has 2 aromatic carbocycles. The number of anilines is 1. The lowest BCUT2D eigenvalue weighted by Crippen LogP contribution is -2.41. The molecular formula is C22H23ClN4O4S. The summed E-state index contributed by atoms with van der Waals surface area (Å²) >= 11 is 6.09. The van der Waals surface area contributed by atoms with Crippen LogP contribution in [-0.4, -0.2) is 30.5 Å². The monoisotopic (exact) mass is 474 g/mol. The maximum atomic E-state index is 13.0. The van der Waals surface area contributed by atoms with E-state index < -0.39 is 22.0 Å². The molecule has 0 bridgehead atoms. The number of hydrogen-bond donors (Lipinski definition) is 2. The van der Waals surface area contributed by atoms with E-state index in [2.05, 4.69) is 20.2 Å². The van der Waals surface area contributed by atoms with Gasteiger partial charge in [0.05, 0.1) is 10.9 Å². The minimum Gasteiger partial charge on any atom is -0.339 e. The minimum absolute atomic E-state index is 0.0470. The van der Waals surface area contributed by atoms with Crippen molar-refractivity contribution in [2.24, 2.45) is 0 Å². The first kappa shape index (κ1) is 22.4. The molecule has 1 aliphatic rings. The van der Waals surface area contributed by atoms with Crippen LogP contribution in [0.1, 0.15) is 42.7 Å². The molecular weight excluding hydrogens is 452 g/mol. The number of carbonyl (C=O) groups excluding carboxylic acids is 1. The number of nitrogens with one attached hydrogen (secondary N) is 2. The summed E-state index contributed by atoms with van der Waals surface area (Å²) in [6.07, 6.45) is 2.04. The van der Waals surface area contributed by atoms with Crippen LogP contribution >= 0.6 is 11.6 Å². The number of aryl methyl sites for hydroxylation is 2. The Morgan fingerprint density at radius 3 is 2.56 bits per heavy atom. The molecule has 10 heteroatoms. The standard InChI is InChI=1S/C22H23ClN4O4S/c1-12-5-9-17(11-18(12)23)24-21(28)14(3)27-32(29,30)19-10-16(6-4-13(19)2)20-25-22(31-26-20)15-7-8-15/h4-6,9-11,14-15,27H,7-8H2,1-3H3,(H,24,28)/t14-/m1/s1. The van der Waals surface area contributed by atoms with Gasteiger partial charge in [-0.3, -0.25) is 4.79 Å². The van der Waals surface area contributed by atoms with Crippen molar-refractivity contribution in [3.8, 4) is 11.4 Å². The number of rotatable bonds is 7. The molecule has 2 N–H and O–H groups in total. The molecule has 1 atom stereocenters. The summed E-state index contributed by atoms with van der Waals surface area (Å²) in [7, 11) is -3.99. The van der Waals surface area contributed by atoms with Gasteiger partial charge in [0.15, 0.2) is 0 Å². The third-order valence-electron chi connectivity index (χ3n) is 5.27. The van der Waals surface area contributed by atoms with Crippen molar-refractivity contribution in [3.05, 3.63) is 58.4 Å². The molecule has 32 heavy (non-hydrogen) atoms. The summed E-state index contributed by atoms with van der Waals surface area (Å²) in [5.41, 5.74) is 2.42. The van der Waals surface area contributed by atoms with Gasteiger partial charge < -0.3 is 9.84 Å². The number of nitrogens with zero attached hydrogens (tertiary/aromatic N) is 2. The first-order valence-electron chi connectivity index (χ1n) is 10.2. The largest absolute Gasteiger partial charge is 0.339 e. The first-order chi connectivity index (χ1) is 15.1. The Morgan fingerprint density at radius 1 is 1.16 bits per heavy atom. The van der Waals surface area contributed by atoms with Crippen LogP contribution in [-0.2, 0) is 14.8 Å². The highest BCUT2D eigenvalue weighted by Crippen LogP contribution is 2.39. The Kier molecular flexibility index (Phi) is 6.07. The van der Waals surface area contributed by atoms with Crippen molar-refractivity contribution in [1.82, 2.24) is 14.9 Å². The number of sulfonamides is 1. The van der Waals surface area contributed by atoms with Crippen LogP contribution in [0.25, 0.3) is 11.4 Å². The van der Waals surface area contributed by atoms with Gasteiger partial charge in [-0.05, 0) is 62.9 Å². The predicted molar refractivity (Wildman–Crippen MR) is 121 cm³/mol. The number of halogens is 1. The van der Waals surface area contributed by atoms with Crippen LogP contribution in [0.5, 0.6) is 0 Å². The number of benzene rings is 2. The molecule has 168 valence electrons. The third kappa shape index (κ3) is 4.85. The van der Waals surface area contributed by atoms with Gasteiger partial charge in [0, 0.05) is 22.2 Å². The van der Waals surface area contributed by atoms with Crippen molar-refractivity contribution in [2.45, 2.75) is 50.5 Å². The second-order valence-electron chi connectivity index (χ2n) is 8.01. The normalized spacial score (nSPS) is 14.9. The van der Waals surface area contributed by atoms with Crippen molar-refractivity contribution in [2.75, 3.05) is 5.32 Å². The molecule has 0 spiro atoms. The van der Waals surface area contributed by atoms with E-state index in [1.807, 2.05) is 6.92 Å². The summed E-state index contributed by atoms with van der Waals surface area (Å²) in [6, 6.07) is 8.98. The SMILES string of the molecule is Cc1ccc(NC(=O)[C@@H](C)NS(=O)(=O)c2cc(-c3noc(C4CC4)n3)ccc2C)cc1Cl. The fourth-order valence-electron chi connectivity index (χ4n) is 3.15. The van der Waals surface area contributed by atoms with Crippen LogP contribution in [0.3, 0.4) is 0 Å². The molecule has 1 fully saturated rings. The highest BCUT2D eigenvalue weighted by Gasteiger charge is 2.30. The van der Waals surface area contributed by atoms with Gasteiger partial charge in [-0.2, -0.15) is 9.71 Å². The van der Waals surface area contributed by atoms with Crippen LogP contribution in [0.4, 0.5) is 5.69 Å². The van der Waals surface area contributed by atoms with Gasteiger partial charge in [-0.25, -0.2) is 8.42 Å². The Morgan fingerprint density at radius 2 is 1.88 bits per heavy atom. The van der Waals surface area contributed by atoms with E-state index in [0.29, 0.717) is 39.5 Å². The van der Waals surface area contributed by atoms with E-state index >= 15 is 0 Å². The van der Waals surface area contributed by atoms with Crippen molar-refractivity contribution < 1.29 is 17.7 Å². The van der Waals surface area contributed by atoms with E-state index in [0.717, 1.165) is 18.4 Å². The number of amides is 1. The van der Waals surface area contributed by atoms with Crippen molar-refractivity contribution >= 4 is 33.2 Å². The quantitative estimate of drug-likeness (QED) is 0.530. The number of hydrogen-bond acceptors (Lipinski definition) is 6. The van der Waals surface area contributed by atoms with E-state index in [9.17, 15) is 13.2 Å². The molecule has 1 amide bonds. The zero-order valence-corrected chi connectivity index (χ0v) is 19.4. The van der Waals surface area contributed by atoms with Gasteiger partial charge in [0.25, 0.3) is 0 Å². The first-order valence-corrected chi connectivity index (χ1v) is 12.0. The average Bonchev–Trinajstić information content (AvgIpc) is 3.47. The lowest BCUT2D eigenvalue weighted by molar-refractivity contribution is -0.117. The molecule has 0 aliphatic heterocycles. The maximum absolute atomic E-state index is 13.0. The Bertz CT molecular complexity index is 1280. The zero-order valence-electron chi connectivity index (χ0n) is 17.8. The van der Waals surface area contributed by atoms with Gasteiger partial charge in [-0.1, -0.05) is 35.0 Å². The fraction of sp³-hybridized carbons (Fsp3) is 0.318. The summed E-state index contributed by atoms with van der Waals surface area (Å²) in [4.78, 5) is 17.0. The summed E-state index contributed by atoms with van der Waals surface area (Å²) in [5.74, 6) is 0.707. The summed E-state index contributed by atoms with van der Waals surface area (Å²) in [5, 5.41) is 7.15. The van der Waals surface area contributed by atoms with Gasteiger partial charge in [-0.15, -0.1) is 0 Å². The highest BCUT2D eigenvalue weighted by atomic mass is 35.5. The lowest BCUT2D eigenvalue weighted by Gasteiger charge is -2.16. The predicted octanol–water partition coefficient (Wildman–Crippen LogP) is 4.19. The second-order valence-corrected chi connectivity index (χ2v) is 10.1. The van der Waals surface area contributed by atoms with Gasteiger partial charge >= 0.3 is 0 Å². The average molecular weight is 475 g/mol. The Balaban J connectivity index is 1.51. The smallest absolute Gasteiger partial charge is 0.242 e. The van der Waals surface area contributed by atoms with Crippen LogP contribution in [0.2, 0.25) is 5.02 Å². The minimum atomic E-state index is -3.99. The molecule has 0 saturated heterocycles. The number of carbonyl (C=O) groups is 1. The van der Waals surface area contributed by atoms with Crippen molar-refractivity contribution in [1.29, 1.82) is 0 Å². The molecule has 1 aliphatic carbocycles. The van der Waals surface area contributed by atoms with Gasteiger partial charge in [0.2, 0.25) is 27.6 Å². The van der Waals surface area contributed by atoms with Crippen LogP contribution in [0, 0.1) is 13.8 Å². The van der Waals surface area contributed by atoms with Crippen LogP contribution in [0.15, 0.2) is 45.8 Å². The molecule has 0 radical (unpaired) electrons. The molecule has 1 saturated carbocycles. The van der Waals surface area contributed by atoms with Crippen molar-refractivity contribution in [3.63, 3.8) is 0 Å².